The van der Waals surface area contributed by atoms with Crippen LogP contribution in [-0.4, -0.2) is 0 Å². The summed E-state index contributed by atoms with van der Waals surface area (Å²) in [6.45, 7) is 0. The fourth-order valence-electron chi connectivity index (χ4n) is 1.89. The van der Waals surface area contributed by atoms with Crippen LogP contribution in [-0.2, 0) is 11.8 Å². The van der Waals surface area contributed by atoms with Gasteiger partial charge in [-0.3, -0.25) is 0 Å². The molecule has 0 N–H and O–H groups in total. The van der Waals surface area contributed by atoms with Gasteiger partial charge in [-0.05, 0) is 29.3 Å². The van der Waals surface area contributed by atoms with E-state index in [9.17, 15) is 0 Å². The van der Waals surface area contributed by atoms with Gasteiger partial charge in [0.25, 0.3) is 0 Å². The Hall–Kier alpha value is -0.280. The van der Waals surface area contributed by atoms with Crippen LogP contribution in [0, 0.1) is 0 Å². The molecule has 1 aliphatic heterocycles. The molecular formula is C14H10Cl2S2. The first kappa shape index (κ1) is 12.7. The summed E-state index contributed by atoms with van der Waals surface area (Å²) in [7, 11) is 0. The van der Waals surface area contributed by atoms with Crippen LogP contribution in [0.25, 0.3) is 0 Å². The SMILES string of the molecule is ClCc1ccc2c(c1)Sc1cccc(CCl)c1S2. The van der Waals surface area contributed by atoms with Crippen molar-refractivity contribution in [3.63, 3.8) is 0 Å². The summed E-state index contributed by atoms with van der Waals surface area (Å²) in [5.74, 6) is 1.12. The zero-order valence-corrected chi connectivity index (χ0v) is 12.6. The van der Waals surface area contributed by atoms with Gasteiger partial charge in [-0.2, -0.15) is 0 Å². The van der Waals surface area contributed by atoms with Crippen LogP contribution in [0.2, 0.25) is 0 Å². The largest absolute Gasteiger partial charge is 0.122 e. The molecule has 0 amide bonds. The fraction of sp³-hybridized carbons (Fsp3) is 0.143. The van der Waals surface area contributed by atoms with Crippen molar-refractivity contribution >= 4 is 46.7 Å². The molecule has 0 spiro atoms. The topological polar surface area (TPSA) is 0 Å². The van der Waals surface area contributed by atoms with E-state index in [0.29, 0.717) is 11.8 Å². The van der Waals surface area contributed by atoms with Crippen molar-refractivity contribution in [1.82, 2.24) is 0 Å². The lowest BCUT2D eigenvalue weighted by atomic mass is 10.2. The molecule has 0 fully saturated rings. The molecule has 0 bridgehead atoms. The second-order valence-electron chi connectivity index (χ2n) is 4.00. The van der Waals surface area contributed by atoms with Gasteiger partial charge < -0.3 is 0 Å². The molecule has 0 unspecified atom stereocenters. The van der Waals surface area contributed by atoms with Gasteiger partial charge in [-0.1, -0.05) is 41.7 Å². The van der Waals surface area contributed by atoms with Crippen molar-refractivity contribution in [1.29, 1.82) is 0 Å². The minimum absolute atomic E-state index is 0.561. The van der Waals surface area contributed by atoms with Crippen LogP contribution < -0.4 is 0 Å². The summed E-state index contributed by atoms with van der Waals surface area (Å²) in [4.78, 5) is 5.16. The van der Waals surface area contributed by atoms with E-state index >= 15 is 0 Å². The minimum atomic E-state index is 0.561. The molecule has 0 radical (unpaired) electrons. The molecule has 2 aromatic rings. The van der Waals surface area contributed by atoms with Crippen molar-refractivity contribution in [2.75, 3.05) is 0 Å². The van der Waals surface area contributed by atoms with Crippen molar-refractivity contribution in [2.45, 2.75) is 31.3 Å². The second-order valence-corrected chi connectivity index (χ2v) is 6.67. The maximum absolute atomic E-state index is 6.00. The van der Waals surface area contributed by atoms with Gasteiger partial charge in [-0.15, -0.1) is 23.2 Å². The third kappa shape index (κ3) is 2.27. The maximum atomic E-state index is 6.00. The first-order chi connectivity index (χ1) is 8.81. The lowest BCUT2D eigenvalue weighted by Gasteiger charge is -2.20. The first-order valence-electron chi connectivity index (χ1n) is 5.54. The monoisotopic (exact) mass is 312 g/mol. The summed E-state index contributed by atoms with van der Waals surface area (Å²) >= 11 is 15.5. The standard InChI is InChI=1S/C14H10Cl2S2/c15-7-9-4-5-11-13(6-9)17-12-3-1-2-10(8-16)14(12)18-11/h1-6H,7-8H2. The summed E-state index contributed by atoms with van der Waals surface area (Å²) < 4.78 is 0. The van der Waals surface area contributed by atoms with Crippen molar-refractivity contribution < 1.29 is 0 Å². The van der Waals surface area contributed by atoms with Gasteiger partial charge in [0.1, 0.15) is 0 Å². The first-order valence-corrected chi connectivity index (χ1v) is 8.24. The number of hydrogen-bond acceptors (Lipinski definition) is 2. The van der Waals surface area contributed by atoms with E-state index in [4.69, 9.17) is 23.2 Å². The predicted molar refractivity (Wildman–Crippen MR) is 80.2 cm³/mol. The Labute approximate surface area is 125 Å². The number of fused-ring (bicyclic) bond motifs is 2. The van der Waals surface area contributed by atoms with Crippen LogP contribution in [0.15, 0.2) is 56.0 Å². The van der Waals surface area contributed by atoms with Crippen molar-refractivity contribution in [2.24, 2.45) is 0 Å². The fourth-order valence-corrected chi connectivity index (χ4v) is 4.80. The molecule has 0 saturated heterocycles. The Kier molecular flexibility index (Phi) is 3.81. The number of rotatable bonds is 2. The summed E-state index contributed by atoms with van der Waals surface area (Å²) in [5.41, 5.74) is 2.37. The average molecular weight is 313 g/mol. The molecular weight excluding hydrogens is 303 g/mol. The molecule has 0 atom stereocenters. The highest BCUT2D eigenvalue weighted by Gasteiger charge is 2.19. The lowest BCUT2D eigenvalue weighted by Crippen LogP contribution is -1.94. The zero-order valence-electron chi connectivity index (χ0n) is 9.45. The Morgan fingerprint density at radius 2 is 1.72 bits per heavy atom. The van der Waals surface area contributed by atoms with Gasteiger partial charge in [-0.25, -0.2) is 0 Å². The summed E-state index contributed by atoms with van der Waals surface area (Å²) in [6, 6.07) is 12.7. The van der Waals surface area contributed by atoms with Crippen LogP contribution in [0.3, 0.4) is 0 Å². The predicted octanol–water partition coefficient (Wildman–Crippen LogP) is 5.78. The Balaban J connectivity index is 2.06. The van der Waals surface area contributed by atoms with Crippen LogP contribution in [0.4, 0.5) is 0 Å². The average Bonchev–Trinajstić information content (AvgIpc) is 2.43. The molecule has 2 aromatic carbocycles. The molecule has 18 heavy (non-hydrogen) atoms. The van der Waals surface area contributed by atoms with Crippen LogP contribution >= 0.6 is 46.7 Å². The van der Waals surface area contributed by atoms with E-state index in [1.807, 2.05) is 0 Å². The number of benzene rings is 2. The molecule has 1 heterocycles. The van der Waals surface area contributed by atoms with E-state index in [-0.39, 0.29) is 0 Å². The van der Waals surface area contributed by atoms with Crippen LogP contribution in [0.1, 0.15) is 11.1 Å². The number of alkyl halides is 2. The van der Waals surface area contributed by atoms with Crippen LogP contribution in [0.5, 0.6) is 0 Å². The molecule has 92 valence electrons. The summed E-state index contributed by atoms with van der Waals surface area (Å²) in [6.07, 6.45) is 0. The highest BCUT2D eigenvalue weighted by Crippen LogP contribution is 2.50. The van der Waals surface area contributed by atoms with Gasteiger partial charge in [0.2, 0.25) is 0 Å². The molecule has 1 aliphatic rings. The Bertz CT molecular complexity index is 596. The molecule has 3 rings (SSSR count). The molecule has 0 nitrogen and oxygen atoms in total. The summed E-state index contributed by atoms with van der Waals surface area (Å²) in [5, 5.41) is 0. The molecule has 0 aromatic heterocycles. The third-order valence-corrected chi connectivity index (χ3v) is 6.03. The quantitative estimate of drug-likeness (QED) is 0.550. The number of hydrogen-bond donors (Lipinski definition) is 0. The highest BCUT2D eigenvalue weighted by atomic mass is 35.5. The normalized spacial score (nSPS) is 13.0. The van der Waals surface area contributed by atoms with Gasteiger partial charge in [0, 0.05) is 31.3 Å². The van der Waals surface area contributed by atoms with Crippen molar-refractivity contribution in [3.05, 3.63) is 47.5 Å². The zero-order chi connectivity index (χ0) is 12.5. The van der Waals surface area contributed by atoms with Gasteiger partial charge in [0.15, 0.2) is 0 Å². The van der Waals surface area contributed by atoms with Gasteiger partial charge in [0.05, 0.1) is 0 Å². The van der Waals surface area contributed by atoms with E-state index in [1.54, 1.807) is 23.5 Å². The molecule has 0 aliphatic carbocycles. The minimum Gasteiger partial charge on any atom is -0.122 e. The molecule has 0 saturated carbocycles. The highest BCUT2D eigenvalue weighted by molar-refractivity contribution is 8.05. The Morgan fingerprint density at radius 1 is 0.833 bits per heavy atom. The van der Waals surface area contributed by atoms with E-state index in [1.165, 1.54) is 30.7 Å². The number of halogens is 2. The van der Waals surface area contributed by atoms with Gasteiger partial charge >= 0.3 is 0 Å². The lowest BCUT2D eigenvalue weighted by molar-refractivity contribution is 1.10. The third-order valence-electron chi connectivity index (χ3n) is 2.80. The maximum Gasteiger partial charge on any atom is 0.0485 e. The second kappa shape index (κ2) is 5.38. The van der Waals surface area contributed by atoms with E-state index in [2.05, 4.69) is 36.4 Å². The molecule has 4 heteroatoms. The Morgan fingerprint density at radius 3 is 2.50 bits per heavy atom. The van der Waals surface area contributed by atoms with E-state index < -0.39 is 0 Å². The van der Waals surface area contributed by atoms with E-state index in [0.717, 1.165) is 0 Å². The smallest absolute Gasteiger partial charge is 0.0485 e. The van der Waals surface area contributed by atoms with Crippen molar-refractivity contribution in [3.8, 4) is 0 Å².